The van der Waals surface area contributed by atoms with Crippen LogP contribution in [0.4, 0.5) is 16.7 Å². The van der Waals surface area contributed by atoms with Crippen molar-refractivity contribution in [3.05, 3.63) is 6.20 Å². The third kappa shape index (κ3) is 6.69. The zero-order valence-corrected chi connectivity index (χ0v) is 17.6. The van der Waals surface area contributed by atoms with Crippen LogP contribution in [0, 0.1) is 5.41 Å². The van der Waals surface area contributed by atoms with Crippen LogP contribution in [0.3, 0.4) is 0 Å². The third-order valence-corrected chi connectivity index (χ3v) is 4.42. The molecule has 170 valence electrons. The van der Waals surface area contributed by atoms with Gasteiger partial charge < -0.3 is 31.2 Å². The number of nitrogens with zero attached hydrogens (tertiary/aromatic N) is 4. The fourth-order valence-electron chi connectivity index (χ4n) is 2.85. The third-order valence-electron chi connectivity index (χ3n) is 4.42. The Balaban J connectivity index is 2.30. The number of carboxylic acids is 1. The first kappa shape index (κ1) is 23.6. The lowest BCUT2D eigenvalue weighted by Gasteiger charge is -2.26. The van der Waals surface area contributed by atoms with E-state index >= 15 is 0 Å². The summed E-state index contributed by atoms with van der Waals surface area (Å²) in [5.74, 6) is -1.08. The van der Waals surface area contributed by atoms with E-state index in [0.717, 1.165) is 17.7 Å². The first-order chi connectivity index (χ1) is 14.9. The van der Waals surface area contributed by atoms with Crippen molar-refractivity contribution >= 4 is 41.1 Å². The number of anilines is 2. The van der Waals surface area contributed by atoms with Crippen LogP contribution >= 0.6 is 0 Å². The molecular weight excluding hydrogens is 406 g/mol. The lowest BCUT2D eigenvalue weighted by molar-refractivity contribution is -0.138. The summed E-state index contributed by atoms with van der Waals surface area (Å²) < 4.78 is 5.32. The van der Waals surface area contributed by atoms with Gasteiger partial charge in [0.25, 0.3) is 0 Å². The Labute approximate surface area is 179 Å². The van der Waals surface area contributed by atoms with Gasteiger partial charge in [0, 0.05) is 13.6 Å². The Kier molecular flexibility index (Phi) is 8.78. The van der Waals surface area contributed by atoms with E-state index in [1.54, 1.807) is 7.05 Å². The average Bonchev–Trinajstić information content (AvgIpc) is 3.15. The lowest BCUT2D eigenvalue weighted by atomic mass is 10.1. The zero-order chi connectivity index (χ0) is 22.8. The molecule has 0 aliphatic heterocycles. The molecule has 7 N–H and O–H groups in total. The number of nitrogens with two attached hydrogens (primary N) is 1. The molecule has 0 bridgehead atoms. The lowest BCUT2D eigenvalue weighted by Crippen LogP contribution is -2.47. The quantitative estimate of drug-likeness (QED) is 0.160. The van der Waals surface area contributed by atoms with Crippen molar-refractivity contribution < 1.29 is 19.4 Å². The van der Waals surface area contributed by atoms with Crippen LogP contribution < -0.4 is 21.3 Å². The molecule has 0 spiro atoms. The van der Waals surface area contributed by atoms with Crippen LogP contribution in [-0.4, -0.2) is 69.3 Å². The molecule has 0 saturated heterocycles. The number of carbonyl (C=O) groups excluding carboxylic acids is 1. The van der Waals surface area contributed by atoms with Crippen LogP contribution in [0.25, 0.3) is 11.2 Å². The van der Waals surface area contributed by atoms with Gasteiger partial charge in [-0.3, -0.25) is 5.41 Å². The molecule has 2 rings (SSSR count). The standard InChI is InChI=1S/C18H29N9O4/c1-3-4-5-9-31-18(30)27(12(14(28)29)7-6-8-22-15(19)20)17-24-11-10-23-16(21-2)25-13(11)26-17/h10,12H,3-9H2,1-2H3,(H,28,29)(H4,19,20,22)(H2,21,23,24,25,26)/t12-/m0/s1. The fraction of sp³-hybridized carbons (Fsp3) is 0.556. The molecule has 13 nitrogen and oxygen atoms in total. The number of ether oxygens (including phenoxy) is 1. The van der Waals surface area contributed by atoms with Gasteiger partial charge in [-0.05, 0) is 19.3 Å². The van der Waals surface area contributed by atoms with Crippen molar-refractivity contribution in [2.75, 3.05) is 30.4 Å². The second-order valence-corrected chi connectivity index (χ2v) is 6.77. The zero-order valence-electron chi connectivity index (χ0n) is 17.6. The van der Waals surface area contributed by atoms with Gasteiger partial charge in [0.2, 0.25) is 11.9 Å². The number of guanidine groups is 1. The van der Waals surface area contributed by atoms with Crippen LogP contribution in [0.1, 0.15) is 39.0 Å². The minimum atomic E-state index is -1.25. The smallest absolute Gasteiger partial charge is 0.417 e. The second-order valence-electron chi connectivity index (χ2n) is 6.77. The highest BCUT2D eigenvalue weighted by atomic mass is 16.6. The summed E-state index contributed by atoms with van der Waals surface area (Å²) in [6.45, 7) is 2.49. The molecule has 0 saturated carbocycles. The number of carboxylic acid groups (broad SMARTS) is 1. The normalized spacial score (nSPS) is 11.7. The molecular formula is C18H29N9O4. The highest BCUT2D eigenvalue weighted by molar-refractivity contribution is 5.94. The van der Waals surface area contributed by atoms with Crippen molar-refractivity contribution in [3.63, 3.8) is 0 Å². The van der Waals surface area contributed by atoms with Gasteiger partial charge in [-0.2, -0.15) is 9.97 Å². The van der Waals surface area contributed by atoms with Crippen LogP contribution in [0.5, 0.6) is 0 Å². The minimum Gasteiger partial charge on any atom is -0.480 e. The number of nitrogens with one attached hydrogen (secondary N) is 4. The highest BCUT2D eigenvalue weighted by Gasteiger charge is 2.34. The number of amides is 1. The number of imidazole rings is 1. The number of aliphatic carboxylic acids is 1. The molecule has 0 aromatic carbocycles. The van der Waals surface area contributed by atoms with Gasteiger partial charge in [-0.25, -0.2) is 19.5 Å². The first-order valence-corrected chi connectivity index (χ1v) is 10.0. The maximum atomic E-state index is 12.9. The maximum absolute atomic E-state index is 12.9. The van der Waals surface area contributed by atoms with Crippen LogP contribution in [0.2, 0.25) is 0 Å². The summed E-state index contributed by atoms with van der Waals surface area (Å²) in [4.78, 5) is 41.3. The minimum absolute atomic E-state index is 0.00460. The Bertz CT molecular complexity index is 901. The molecule has 13 heteroatoms. The Morgan fingerprint density at radius 1 is 1.35 bits per heavy atom. The number of carbonyl (C=O) groups is 2. The van der Waals surface area contributed by atoms with Crippen molar-refractivity contribution in [1.29, 1.82) is 5.41 Å². The van der Waals surface area contributed by atoms with Gasteiger partial charge >= 0.3 is 12.1 Å². The molecule has 2 aromatic heterocycles. The Morgan fingerprint density at radius 3 is 2.77 bits per heavy atom. The molecule has 0 aliphatic rings. The number of hydrogen-bond acceptors (Lipinski definition) is 8. The fourth-order valence-corrected chi connectivity index (χ4v) is 2.85. The predicted octanol–water partition coefficient (Wildman–Crippen LogP) is 1.24. The largest absolute Gasteiger partial charge is 0.480 e. The van der Waals surface area contributed by atoms with Gasteiger partial charge in [0.05, 0.1) is 12.8 Å². The molecule has 0 radical (unpaired) electrons. The SMILES string of the molecule is CCCCCOC(=O)N(c1nc2nc(NC)ncc2[nH]1)[C@@H](CCCNC(=N)N)C(=O)O. The van der Waals surface area contributed by atoms with Crippen LogP contribution in [-0.2, 0) is 9.53 Å². The highest BCUT2D eigenvalue weighted by Crippen LogP contribution is 2.22. The van der Waals surface area contributed by atoms with E-state index in [9.17, 15) is 14.7 Å². The predicted molar refractivity (Wildman–Crippen MR) is 115 cm³/mol. The van der Waals surface area contributed by atoms with Crippen molar-refractivity contribution in [3.8, 4) is 0 Å². The van der Waals surface area contributed by atoms with Gasteiger partial charge in [0.15, 0.2) is 11.6 Å². The number of H-pyrrole nitrogens is 1. The van der Waals surface area contributed by atoms with E-state index in [4.69, 9.17) is 15.9 Å². The summed E-state index contributed by atoms with van der Waals surface area (Å²) >= 11 is 0. The number of fused-ring (bicyclic) bond motifs is 1. The summed E-state index contributed by atoms with van der Waals surface area (Å²) in [7, 11) is 1.66. The molecule has 1 atom stereocenters. The summed E-state index contributed by atoms with van der Waals surface area (Å²) in [6.07, 6.45) is 3.63. The molecule has 0 unspecified atom stereocenters. The summed E-state index contributed by atoms with van der Waals surface area (Å²) in [6, 6.07) is -1.25. The topological polar surface area (TPSA) is 195 Å². The first-order valence-electron chi connectivity index (χ1n) is 10.0. The van der Waals surface area contributed by atoms with E-state index in [-0.39, 0.29) is 37.1 Å². The number of hydrogen-bond donors (Lipinski definition) is 6. The van der Waals surface area contributed by atoms with Crippen molar-refractivity contribution in [1.82, 2.24) is 25.3 Å². The van der Waals surface area contributed by atoms with Crippen molar-refractivity contribution in [2.45, 2.75) is 45.1 Å². The molecule has 0 fully saturated rings. The molecule has 2 aromatic rings. The van der Waals surface area contributed by atoms with E-state index < -0.39 is 18.1 Å². The molecule has 31 heavy (non-hydrogen) atoms. The Morgan fingerprint density at radius 2 is 2.13 bits per heavy atom. The summed E-state index contributed by atoms with van der Waals surface area (Å²) in [5.41, 5.74) is 5.98. The van der Waals surface area contributed by atoms with E-state index in [2.05, 4.69) is 30.6 Å². The summed E-state index contributed by atoms with van der Waals surface area (Å²) in [5, 5.41) is 22.4. The number of rotatable bonds is 12. The van der Waals surface area contributed by atoms with Crippen LogP contribution in [0.15, 0.2) is 6.20 Å². The number of aromatic nitrogens is 4. The van der Waals surface area contributed by atoms with E-state index in [1.165, 1.54) is 6.20 Å². The number of unbranched alkanes of at least 4 members (excludes halogenated alkanes) is 2. The van der Waals surface area contributed by atoms with Gasteiger partial charge in [0.1, 0.15) is 11.6 Å². The van der Waals surface area contributed by atoms with E-state index in [1.807, 2.05) is 6.92 Å². The molecule has 2 heterocycles. The monoisotopic (exact) mass is 435 g/mol. The second kappa shape index (κ2) is 11.5. The van der Waals surface area contributed by atoms with E-state index in [0.29, 0.717) is 24.3 Å². The average molecular weight is 435 g/mol. The molecule has 1 amide bonds. The van der Waals surface area contributed by atoms with Gasteiger partial charge in [-0.1, -0.05) is 19.8 Å². The Hall–Kier alpha value is -3.64. The maximum Gasteiger partial charge on any atom is 0.417 e. The van der Waals surface area contributed by atoms with Crippen molar-refractivity contribution in [2.24, 2.45) is 5.73 Å². The van der Waals surface area contributed by atoms with Gasteiger partial charge in [-0.15, -0.1) is 0 Å². The molecule has 0 aliphatic carbocycles. The number of aromatic amines is 1.